The molecule has 3 rings (SSSR count). The molecular formula is C20H16N2O5S. The molecule has 0 saturated heterocycles. The highest BCUT2D eigenvalue weighted by molar-refractivity contribution is 7.93. The summed E-state index contributed by atoms with van der Waals surface area (Å²) in [6.45, 7) is 0. The Morgan fingerprint density at radius 1 is 1.25 bits per heavy atom. The van der Waals surface area contributed by atoms with E-state index in [-0.39, 0.29) is 22.6 Å². The minimum atomic E-state index is -3.19. The van der Waals surface area contributed by atoms with E-state index in [1.165, 1.54) is 19.6 Å². The molecule has 0 radical (unpaired) electrons. The monoisotopic (exact) mass is 396 g/mol. The van der Waals surface area contributed by atoms with Gasteiger partial charge < -0.3 is 14.3 Å². The van der Waals surface area contributed by atoms with Gasteiger partial charge in [0.1, 0.15) is 11.3 Å². The van der Waals surface area contributed by atoms with Gasteiger partial charge in [-0.2, -0.15) is 5.26 Å². The van der Waals surface area contributed by atoms with Crippen LogP contribution in [-0.4, -0.2) is 22.4 Å². The average Bonchev–Trinajstić information content (AvgIpc) is 3.22. The van der Waals surface area contributed by atoms with E-state index in [1.54, 1.807) is 54.7 Å². The molecule has 0 amide bonds. The van der Waals surface area contributed by atoms with Gasteiger partial charge in [-0.05, 0) is 23.8 Å². The molecule has 7 nitrogen and oxygen atoms in total. The molecule has 142 valence electrons. The Morgan fingerprint density at radius 3 is 2.57 bits per heavy atom. The topological polar surface area (TPSA) is 113 Å². The average molecular weight is 396 g/mol. The first-order valence-corrected chi connectivity index (χ1v) is 9.82. The number of rotatable bonds is 6. The van der Waals surface area contributed by atoms with Crippen molar-refractivity contribution >= 4 is 15.7 Å². The number of furan rings is 1. The highest BCUT2D eigenvalue weighted by atomic mass is 32.2. The van der Waals surface area contributed by atoms with Crippen molar-refractivity contribution in [1.82, 2.24) is 0 Å². The summed E-state index contributed by atoms with van der Waals surface area (Å²) in [6.07, 6.45) is 4.54. The van der Waals surface area contributed by atoms with Crippen LogP contribution in [0.5, 0.6) is 5.75 Å². The molecule has 1 N–H and O–H groups in total. The molecular weight excluding hydrogens is 380 g/mol. The molecule has 0 aliphatic carbocycles. The summed E-state index contributed by atoms with van der Waals surface area (Å²) in [4.78, 5) is 12.4. The summed E-state index contributed by atoms with van der Waals surface area (Å²) in [5.74, 6) is -1.35. The quantitative estimate of drug-likeness (QED) is 0.626. The number of methoxy groups -OCH3 is 1. The van der Waals surface area contributed by atoms with E-state index in [2.05, 4.69) is 4.36 Å². The van der Waals surface area contributed by atoms with E-state index in [1.807, 2.05) is 0 Å². The Bertz CT molecular complexity index is 1160. The molecule has 0 saturated carbocycles. The van der Waals surface area contributed by atoms with Crippen LogP contribution in [0.2, 0.25) is 0 Å². The summed E-state index contributed by atoms with van der Waals surface area (Å²) in [5, 5.41) is 18.8. The zero-order chi connectivity index (χ0) is 20.1. The van der Waals surface area contributed by atoms with E-state index in [9.17, 15) is 14.1 Å². The van der Waals surface area contributed by atoms with Crippen molar-refractivity contribution in [1.29, 1.82) is 5.26 Å². The molecule has 0 spiro atoms. The van der Waals surface area contributed by atoms with E-state index >= 15 is 0 Å². The molecule has 1 unspecified atom stereocenters. The van der Waals surface area contributed by atoms with Gasteiger partial charge in [-0.3, -0.25) is 0 Å². The second-order valence-corrected chi connectivity index (χ2v) is 8.01. The van der Waals surface area contributed by atoms with Gasteiger partial charge in [0.25, 0.3) is 0 Å². The van der Waals surface area contributed by atoms with Gasteiger partial charge in [0, 0.05) is 16.0 Å². The number of nitrogens with zero attached hydrogens (tertiary/aromatic N) is 2. The minimum absolute atomic E-state index is 0.123. The van der Waals surface area contributed by atoms with Crippen molar-refractivity contribution in [3.05, 3.63) is 72.2 Å². The molecule has 0 fully saturated rings. The molecule has 1 heterocycles. The van der Waals surface area contributed by atoms with Crippen molar-refractivity contribution in [2.45, 2.75) is 10.6 Å². The van der Waals surface area contributed by atoms with Gasteiger partial charge >= 0.3 is 5.97 Å². The fourth-order valence-electron chi connectivity index (χ4n) is 2.91. The van der Waals surface area contributed by atoms with Gasteiger partial charge in [-0.25, -0.2) is 9.00 Å². The molecule has 0 aliphatic heterocycles. The second kappa shape index (κ2) is 7.98. The molecule has 3 aromatic rings. The maximum absolute atomic E-state index is 13.4. The highest BCUT2D eigenvalue weighted by Gasteiger charge is 2.25. The van der Waals surface area contributed by atoms with E-state index in [0.717, 1.165) is 0 Å². The SMILES string of the molecule is COc1c(-c2ccoc2)ccc(CS(=O)(=NC#N)c2ccccc2)c1C(=O)O. The van der Waals surface area contributed by atoms with Crippen molar-refractivity contribution in [2.75, 3.05) is 7.11 Å². The number of hydrogen-bond acceptors (Lipinski definition) is 6. The summed E-state index contributed by atoms with van der Waals surface area (Å²) >= 11 is 0. The smallest absolute Gasteiger partial charge is 0.339 e. The molecule has 28 heavy (non-hydrogen) atoms. The fourth-order valence-corrected chi connectivity index (χ4v) is 4.63. The van der Waals surface area contributed by atoms with Crippen LogP contribution in [-0.2, 0) is 15.5 Å². The van der Waals surface area contributed by atoms with Crippen LogP contribution in [0.4, 0.5) is 0 Å². The normalized spacial score (nSPS) is 12.6. The predicted molar refractivity (Wildman–Crippen MR) is 102 cm³/mol. The standard InChI is InChI=1S/C20H16N2O5S/c1-26-19-17(14-9-10-27-11-14)8-7-15(18(19)20(23)24)12-28(25,22-13-21)16-5-3-2-4-6-16/h2-11H,12H2,1H3,(H,23,24). The van der Waals surface area contributed by atoms with Crippen LogP contribution in [0.15, 0.2) is 74.7 Å². The Hall–Kier alpha value is -3.57. The number of carboxylic acid groups (broad SMARTS) is 1. The van der Waals surface area contributed by atoms with Crippen LogP contribution in [0.3, 0.4) is 0 Å². The lowest BCUT2D eigenvalue weighted by molar-refractivity contribution is 0.0692. The third-order valence-corrected chi connectivity index (χ3v) is 6.23. The fraction of sp³-hybridized carbons (Fsp3) is 0.100. The first-order valence-electron chi connectivity index (χ1n) is 8.14. The third kappa shape index (κ3) is 3.61. The van der Waals surface area contributed by atoms with Crippen molar-refractivity contribution < 1.29 is 23.3 Å². The first kappa shape index (κ1) is 19.2. The number of nitriles is 1. The Morgan fingerprint density at radius 2 is 2.00 bits per heavy atom. The molecule has 2 aromatic carbocycles. The van der Waals surface area contributed by atoms with Crippen molar-refractivity contribution in [3.8, 4) is 23.1 Å². The third-order valence-electron chi connectivity index (χ3n) is 4.15. The summed E-state index contributed by atoms with van der Waals surface area (Å²) in [7, 11) is -1.83. The van der Waals surface area contributed by atoms with Crippen LogP contribution in [0.25, 0.3) is 11.1 Å². The molecule has 1 aromatic heterocycles. The first-order chi connectivity index (χ1) is 13.5. The maximum atomic E-state index is 13.4. The van der Waals surface area contributed by atoms with E-state index < -0.39 is 15.7 Å². The Balaban J connectivity index is 2.20. The summed E-state index contributed by atoms with van der Waals surface area (Å²) < 4.78 is 27.5. The lowest BCUT2D eigenvalue weighted by Crippen LogP contribution is -2.12. The van der Waals surface area contributed by atoms with Crippen molar-refractivity contribution in [2.24, 2.45) is 4.36 Å². The minimum Gasteiger partial charge on any atom is -0.495 e. The molecule has 0 bridgehead atoms. The highest BCUT2D eigenvalue weighted by Crippen LogP contribution is 2.37. The number of carboxylic acids is 1. The Labute approximate surface area is 162 Å². The van der Waals surface area contributed by atoms with E-state index in [4.69, 9.17) is 14.4 Å². The lowest BCUT2D eigenvalue weighted by atomic mass is 9.99. The van der Waals surface area contributed by atoms with Gasteiger partial charge in [0.05, 0.1) is 35.1 Å². The van der Waals surface area contributed by atoms with E-state index in [0.29, 0.717) is 16.0 Å². The number of carbonyl (C=O) groups is 1. The number of benzene rings is 2. The number of aromatic carboxylic acids is 1. The summed E-state index contributed by atoms with van der Waals surface area (Å²) in [5.41, 5.74) is 1.31. The van der Waals surface area contributed by atoms with Gasteiger partial charge in [-0.1, -0.05) is 30.3 Å². The largest absolute Gasteiger partial charge is 0.495 e. The molecule has 0 aliphatic rings. The number of ether oxygens (including phenoxy) is 1. The zero-order valence-corrected chi connectivity index (χ0v) is 15.7. The van der Waals surface area contributed by atoms with Crippen LogP contribution < -0.4 is 4.74 Å². The van der Waals surface area contributed by atoms with Crippen LogP contribution in [0.1, 0.15) is 15.9 Å². The second-order valence-electron chi connectivity index (χ2n) is 5.79. The van der Waals surface area contributed by atoms with Crippen molar-refractivity contribution in [3.63, 3.8) is 0 Å². The maximum Gasteiger partial charge on any atom is 0.339 e. The predicted octanol–water partition coefficient (Wildman–Crippen LogP) is 4.16. The zero-order valence-electron chi connectivity index (χ0n) is 14.9. The number of hydrogen-bond donors (Lipinski definition) is 1. The van der Waals surface area contributed by atoms with Gasteiger partial charge in [0.15, 0.2) is 0 Å². The van der Waals surface area contributed by atoms with Gasteiger partial charge in [-0.15, -0.1) is 4.36 Å². The molecule has 1 atom stereocenters. The Kier molecular flexibility index (Phi) is 5.47. The molecule has 8 heteroatoms. The van der Waals surface area contributed by atoms with Crippen LogP contribution in [0, 0.1) is 11.5 Å². The van der Waals surface area contributed by atoms with Crippen LogP contribution >= 0.6 is 0 Å². The summed E-state index contributed by atoms with van der Waals surface area (Å²) in [6, 6.07) is 13.2. The lowest BCUT2D eigenvalue weighted by Gasteiger charge is -2.16. The van der Waals surface area contributed by atoms with Gasteiger partial charge in [0.2, 0.25) is 6.19 Å².